The van der Waals surface area contributed by atoms with Crippen LogP contribution in [0.1, 0.15) is 10.4 Å². The third-order valence-corrected chi connectivity index (χ3v) is 4.06. The van der Waals surface area contributed by atoms with Crippen LogP contribution in [0.5, 0.6) is 11.5 Å². The number of hydrogen-bond acceptors (Lipinski definition) is 5. The second kappa shape index (κ2) is 7.77. The van der Waals surface area contributed by atoms with Crippen LogP contribution in [0, 0.1) is 0 Å². The number of benzene rings is 2. The third-order valence-electron chi connectivity index (χ3n) is 4.06. The van der Waals surface area contributed by atoms with Crippen molar-refractivity contribution in [3.8, 4) is 11.5 Å². The molecular weight excluding hydrogens is 336 g/mol. The molecule has 2 amide bonds. The van der Waals surface area contributed by atoms with Gasteiger partial charge < -0.3 is 19.5 Å². The highest BCUT2D eigenvalue weighted by Gasteiger charge is 2.32. The molecule has 0 aliphatic carbocycles. The number of carbonyl (C=O) groups is 2. The molecule has 0 saturated carbocycles. The summed E-state index contributed by atoms with van der Waals surface area (Å²) in [6.45, 7) is 0.576. The number of anilines is 1. The lowest BCUT2D eigenvalue weighted by Gasteiger charge is -2.14. The van der Waals surface area contributed by atoms with Gasteiger partial charge in [-0.2, -0.15) is 0 Å². The minimum Gasteiger partial charge on any atom is -0.497 e. The summed E-state index contributed by atoms with van der Waals surface area (Å²) in [6, 6.07) is 14.0. The average Bonchev–Trinajstić information content (AvgIpc) is 3.06. The third kappa shape index (κ3) is 3.88. The molecule has 0 spiro atoms. The Morgan fingerprint density at radius 2 is 1.85 bits per heavy atom. The second-order valence-corrected chi connectivity index (χ2v) is 5.76. The molecule has 1 saturated heterocycles. The van der Waals surface area contributed by atoms with Gasteiger partial charge in [-0.25, -0.2) is 4.79 Å². The van der Waals surface area contributed by atoms with Gasteiger partial charge in [0.1, 0.15) is 17.6 Å². The van der Waals surface area contributed by atoms with Crippen LogP contribution < -0.4 is 19.7 Å². The first kappa shape index (κ1) is 17.6. The highest BCUT2D eigenvalue weighted by molar-refractivity contribution is 5.94. The van der Waals surface area contributed by atoms with E-state index in [0.717, 1.165) is 0 Å². The van der Waals surface area contributed by atoms with E-state index in [1.165, 1.54) is 4.90 Å². The van der Waals surface area contributed by atoms with Gasteiger partial charge in [0.2, 0.25) is 0 Å². The molecule has 7 nitrogen and oxygen atoms in total. The van der Waals surface area contributed by atoms with Crippen molar-refractivity contribution in [2.75, 3.05) is 32.2 Å². The fourth-order valence-electron chi connectivity index (χ4n) is 2.69. The van der Waals surface area contributed by atoms with E-state index in [4.69, 9.17) is 14.2 Å². The van der Waals surface area contributed by atoms with Crippen molar-refractivity contribution in [2.45, 2.75) is 6.10 Å². The van der Waals surface area contributed by atoms with E-state index < -0.39 is 12.2 Å². The van der Waals surface area contributed by atoms with Gasteiger partial charge in [-0.1, -0.05) is 12.1 Å². The van der Waals surface area contributed by atoms with Crippen molar-refractivity contribution in [2.24, 2.45) is 0 Å². The lowest BCUT2D eigenvalue weighted by atomic mass is 10.2. The van der Waals surface area contributed by atoms with Crippen molar-refractivity contribution in [1.82, 2.24) is 5.32 Å². The van der Waals surface area contributed by atoms with Crippen LogP contribution in [0.25, 0.3) is 0 Å². The van der Waals surface area contributed by atoms with Crippen LogP contribution >= 0.6 is 0 Å². The summed E-state index contributed by atoms with van der Waals surface area (Å²) in [5.41, 5.74) is 1.18. The molecule has 1 atom stereocenters. The van der Waals surface area contributed by atoms with Crippen LogP contribution in [0.3, 0.4) is 0 Å². The van der Waals surface area contributed by atoms with Crippen LogP contribution in [0.2, 0.25) is 0 Å². The normalized spacial score (nSPS) is 16.2. The Morgan fingerprint density at radius 3 is 2.58 bits per heavy atom. The number of hydrogen-bond donors (Lipinski definition) is 1. The molecule has 1 N–H and O–H groups in total. The molecule has 2 aromatic rings. The molecule has 1 fully saturated rings. The first-order chi connectivity index (χ1) is 12.6. The number of cyclic esters (lactones) is 1. The summed E-state index contributed by atoms with van der Waals surface area (Å²) < 4.78 is 15.6. The van der Waals surface area contributed by atoms with E-state index in [1.54, 1.807) is 62.8 Å². The van der Waals surface area contributed by atoms with E-state index in [9.17, 15) is 9.59 Å². The molecule has 1 aliphatic rings. The molecule has 3 rings (SSSR count). The fraction of sp³-hybridized carbons (Fsp3) is 0.263. The lowest BCUT2D eigenvalue weighted by Crippen LogP contribution is -2.34. The molecule has 1 aliphatic heterocycles. The van der Waals surface area contributed by atoms with Gasteiger partial charge in [-0.3, -0.25) is 9.69 Å². The predicted octanol–water partition coefficient (Wildman–Crippen LogP) is 2.46. The van der Waals surface area contributed by atoms with E-state index in [2.05, 4.69) is 5.32 Å². The standard InChI is InChI=1S/C19H20N2O5/c1-24-15-7-3-5-13(9-15)18(22)20-11-17-12-21(19(23)26-17)14-6-4-8-16(10-14)25-2/h3-10,17H,11-12H2,1-2H3,(H,20,22). The van der Waals surface area contributed by atoms with Crippen LogP contribution in [0.15, 0.2) is 48.5 Å². The van der Waals surface area contributed by atoms with Gasteiger partial charge in [0.05, 0.1) is 33.0 Å². The van der Waals surface area contributed by atoms with Gasteiger partial charge >= 0.3 is 6.09 Å². The number of nitrogens with one attached hydrogen (secondary N) is 1. The molecule has 0 aromatic heterocycles. The van der Waals surface area contributed by atoms with Crippen molar-refractivity contribution in [3.63, 3.8) is 0 Å². The van der Waals surface area contributed by atoms with Gasteiger partial charge in [-0.05, 0) is 30.3 Å². The maximum Gasteiger partial charge on any atom is 0.414 e. The van der Waals surface area contributed by atoms with E-state index >= 15 is 0 Å². The summed E-state index contributed by atoms with van der Waals surface area (Å²) in [6.07, 6.45) is -0.873. The first-order valence-electron chi connectivity index (χ1n) is 8.15. The summed E-state index contributed by atoms with van der Waals surface area (Å²) >= 11 is 0. The Balaban J connectivity index is 1.59. The fourth-order valence-corrected chi connectivity index (χ4v) is 2.69. The zero-order valence-corrected chi connectivity index (χ0v) is 14.6. The van der Waals surface area contributed by atoms with Crippen LogP contribution in [0.4, 0.5) is 10.5 Å². The molecular formula is C19H20N2O5. The van der Waals surface area contributed by atoms with Crippen LogP contribution in [-0.4, -0.2) is 45.4 Å². The van der Waals surface area contributed by atoms with E-state index in [0.29, 0.717) is 29.3 Å². The molecule has 1 heterocycles. The lowest BCUT2D eigenvalue weighted by molar-refractivity contribution is 0.0916. The van der Waals surface area contributed by atoms with Crippen molar-refractivity contribution >= 4 is 17.7 Å². The number of nitrogens with zero attached hydrogens (tertiary/aromatic N) is 1. The van der Waals surface area contributed by atoms with Gasteiger partial charge in [-0.15, -0.1) is 0 Å². The number of amides is 2. The Labute approximate surface area is 151 Å². The van der Waals surface area contributed by atoms with Gasteiger partial charge in [0.15, 0.2) is 0 Å². The van der Waals surface area contributed by atoms with Crippen molar-refractivity contribution in [1.29, 1.82) is 0 Å². The second-order valence-electron chi connectivity index (χ2n) is 5.76. The smallest absolute Gasteiger partial charge is 0.414 e. The molecule has 0 bridgehead atoms. The maximum atomic E-state index is 12.2. The zero-order valence-electron chi connectivity index (χ0n) is 14.6. The van der Waals surface area contributed by atoms with E-state index in [-0.39, 0.29) is 12.5 Å². The molecule has 7 heteroatoms. The molecule has 2 aromatic carbocycles. The monoisotopic (exact) mass is 356 g/mol. The predicted molar refractivity (Wildman–Crippen MR) is 95.9 cm³/mol. The molecule has 26 heavy (non-hydrogen) atoms. The quantitative estimate of drug-likeness (QED) is 0.860. The summed E-state index contributed by atoms with van der Waals surface area (Å²) in [5, 5.41) is 2.78. The first-order valence-corrected chi connectivity index (χ1v) is 8.15. The molecule has 136 valence electrons. The average molecular weight is 356 g/mol. The summed E-state index contributed by atoms with van der Waals surface area (Å²) in [4.78, 5) is 25.9. The van der Waals surface area contributed by atoms with Gasteiger partial charge in [0, 0.05) is 11.6 Å². The molecule has 1 unspecified atom stereocenters. The number of ether oxygens (including phenoxy) is 3. The topological polar surface area (TPSA) is 77.1 Å². The Morgan fingerprint density at radius 1 is 1.15 bits per heavy atom. The maximum absolute atomic E-state index is 12.2. The Bertz CT molecular complexity index is 808. The Kier molecular flexibility index (Phi) is 5.26. The van der Waals surface area contributed by atoms with Crippen molar-refractivity contribution < 1.29 is 23.8 Å². The minimum absolute atomic E-state index is 0.224. The Hall–Kier alpha value is -3.22. The SMILES string of the molecule is COc1cccc(C(=O)NCC2CN(c3cccc(OC)c3)C(=O)O2)c1. The number of methoxy groups -OCH3 is 2. The summed E-state index contributed by atoms with van der Waals surface area (Å²) in [5.74, 6) is 1.01. The zero-order chi connectivity index (χ0) is 18.5. The summed E-state index contributed by atoms with van der Waals surface area (Å²) in [7, 11) is 3.11. The number of carbonyl (C=O) groups excluding carboxylic acids is 2. The van der Waals surface area contributed by atoms with Crippen molar-refractivity contribution in [3.05, 3.63) is 54.1 Å². The highest BCUT2D eigenvalue weighted by atomic mass is 16.6. The largest absolute Gasteiger partial charge is 0.497 e. The van der Waals surface area contributed by atoms with E-state index in [1.807, 2.05) is 0 Å². The molecule has 0 radical (unpaired) electrons. The number of rotatable bonds is 6. The minimum atomic E-state index is -0.445. The highest BCUT2D eigenvalue weighted by Crippen LogP contribution is 2.25. The van der Waals surface area contributed by atoms with Gasteiger partial charge in [0.25, 0.3) is 5.91 Å². The van der Waals surface area contributed by atoms with Crippen LogP contribution in [-0.2, 0) is 4.74 Å².